The summed E-state index contributed by atoms with van der Waals surface area (Å²) in [4.78, 5) is 3.84. The Hall–Kier alpha value is -0.803. The van der Waals surface area contributed by atoms with Gasteiger partial charge < -0.3 is 14.4 Å². The summed E-state index contributed by atoms with van der Waals surface area (Å²) in [5, 5.41) is 10.8. The number of aliphatic imine (C=N–C) groups is 1. The zero-order chi connectivity index (χ0) is 11.4. The Labute approximate surface area is 108 Å². The van der Waals surface area contributed by atoms with E-state index in [-0.39, 0.29) is 29.4 Å². The standard InChI is InChI=1S/C9H11NO4S.Li/c1-6(11)10-8-5-7(15(12)13)3-4-9(8)14-2;/h3-5H,1-2H3,(H,10,11)(H,12,13);/q;+1/p-1. The van der Waals surface area contributed by atoms with Crippen LogP contribution in [0.5, 0.6) is 5.75 Å². The predicted molar refractivity (Wildman–Crippen MR) is 54.8 cm³/mol. The molecule has 0 bridgehead atoms. The van der Waals surface area contributed by atoms with E-state index in [1.807, 2.05) is 0 Å². The van der Waals surface area contributed by atoms with Crippen LogP contribution in [0.2, 0.25) is 0 Å². The van der Waals surface area contributed by atoms with E-state index in [0.29, 0.717) is 5.75 Å². The first-order valence-electron chi connectivity index (χ1n) is 4.06. The van der Waals surface area contributed by atoms with Gasteiger partial charge in [-0.2, -0.15) is 0 Å². The van der Waals surface area contributed by atoms with Gasteiger partial charge in [-0.1, -0.05) is 0 Å². The molecule has 0 amide bonds. The van der Waals surface area contributed by atoms with Crippen molar-refractivity contribution in [1.82, 2.24) is 0 Å². The van der Waals surface area contributed by atoms with Crippen LogP contribution < -0.4 is 28.7 Å². The van der Waals surface area contributed by atoms with E-state index in [9.17, 15) is 9.32 Å². The van der Waals surface area contributed by atoms with Crippen molar-refractivity contribution in [3.63, 3.8) is 0 Å². The van der Waals surface area contributed by atoms with Crippen molar-refractivity contribution in [2.24, 2.45) is 4.99 Å². The van der Waals surface area contributed by atoms with E-state index in [4.69, 9.17) is 9.29 Å². The van der Waals surface area contributed by atoms with Crippen LogP contribution in [0.4, 0.5) is 5.69 Å². The second-order valence-corrected chi connectivity index (χ2v) is 3.68. The van der Waals surface area contributed by atoms with Crippen molar-refractivity contribution < 1.29 is 37.5 Å². The number of benzene rings is 1. The number of nitrogens with zero attached hydrogens (tertiary/aromatic N) is 1. The fourth-order valence-electron chi connectivity index (χ4n) is 1.04. The zero-order valence-corrected chi connectivity index (χ0v) is 10.1. The second kappa shape index (κ2) is 6.71. The summed E-state index contributed by atoms with van der Waals surface area (Å²) in [6.07, 6.45) is 0. The number of methoxy groups -OCH3 is 1. The topological polar surface area (TPSA) is 82.0 Å². The Bertz CT molecular complexity index is 418. The molecule has 0 fully saturated rings. The molecular weight excluding hydrogens is 225 g/mol. The van der Waals surface area contributed by atoms with Gasteiger partial charge in [-0.25, -0.2) is 4.21 Å². The molecule has 7 heteroatoms. The molecule has 1 rings (SSSR count). The van der Waals surface area contributed by atoms with E-state index in [2.05, 4.69) is 4.99 Å². The van der Waals surface area contributed by atoms with Crippen LogP contribution in [0.3, 0.4) is 0 Å². The van der Waals surface area contributed by atoms with Crippen LogP contribution >= 0.6 is 0 Å². The van der Waals surface area contributed by atoms with Crippen molar-refractivity contribution >= 4 is 22.7 Å². The summed E-state index contributed by atoms with van der Waals surface area (Å²) in [6.45, 7) is 1.29. The average molecular weight is 235 g/mol. The maximum absolute atomic E-state index is 10.8. The third-order valence-corrected chi connectivity index (χ3v) is 2.29. The number of rotatable bonds is 3. The minimum atomic E-state index is -2.09. The van der Waals surface area contributed by atoms with Crippen LogP contribution in [-0.2, 0) is 11.1 Å². The van der Waals surface area contributed by atoms with Crippen LogP contribution in [0.1, 0.15) is 6.92 Å². The monoisotopic (exact) mass is 235 g/mol. The fraction of sp³-hybridized carbons (Fsp3) is 0.222. The van der Waals surface area contributed by atoms with Crippen LogP contribution in [0, 0.1) is 0 Å². The summed E-state index contributed by atoms with van der Waals surface area (Å²) < 4.78 is 24.6. The molecule has 0 heterocycles. The van der Waals surface area contributed by atoms with Gasteiger partial charge >= 0.3 is 18.9 Å². The second-order valence-electron chi connectivity index (χ2n) is 2.71. The zero-order valence-electron chi connectivity index (χ0n) is 9.26. The molecule has 0 aromatic heterocycles. The molecule has 82 valence electrons. The van der Waals surface area contributed by atoms with E-state index >= 15 is 0 Å². The molecule has 16 heavy (non-hydrogen) atoms. The van der Waals surface area contributed by atoms with E-state index in [1.165, 1.54) is 32.2 Å². The smallest absolute Gasteiger partial charge is 0.862 e. The van der Waals surface area contributed by atoms with Crippen molar-refractivity contribution in [3.8, 4) is 5.75 Å². The molecule has 1 N–H and O–H groups in total. The molecule has 0 spiro atoms. The minimum absolute atomic E-state index is 0. The quantitative estimate of drug-likeness (QED) is 0.276. The Morgan fingerprint density at radius 2 is 2.19 bits per heavy atom. The fourth-order valence-corrected chi connectivity index (χ4v) is 1.43. The minimum Gasteiger partial charge on any atom is -0.862 e. The molecule has 0 aliphatic carbocycles. The van der Waals surface area contributed by atoms with Crippen LogP contribution in [0.15, 0.2) is 28.1 Å². The van der Waals surface area contributed by atoms with Gasteiger partial charge in [-0.05, 0) is 31.0 Å². The van der Waals surface area contributed by atoms with Gasteiger partial charge in [0.1, 0.15) is 11.4 Å². The van der Waals surface area contributed by atoms with Crippen molar-refractivity contribution in [1.29, 1.82) is 0 Å². The Balaban J connectivity index is 0.00000225. The molecule has 0 radical (unpaired) electrons. The van der Waals surface area contributed by atoms with Gasteiger partial charge in [0.2, 0.25) is 0 Å². The maximum atomic E-state index is 10.8. The first-order chi connectivity index (χ1) is 7.04. The first kappa shape index (κ1) is 15.2. The number of hydrogen-bond acceptors (Lipinski definition) is 4. The normalized spacial score (nSPS) is 12.8. The van der Waals surface area contributed by atoms with E-state index < -0.39 is 17.0 Å². The summed E-state index contributed by atoms with van der Waals surface area (Å²) in [5.41, 5.74) is 0.255. The summed E-state index contributed by atoms with van der Waals surface area (Å²) in [5.74, 6) is -0.00595. The Morgan fingerprint density at radius 3 is 2.62 bits per heavy atom. The summed E-state index contributed by atoms with van der Waals surface area (Å²) in [7, 11) is 1.43. The largest absolute Gasteiger partial charge is 1.00 e. The molecule has 1 aromatic carbocycles. The Morgan fingerprint density at radius 1 is 1.56 bits per heavy atom. The van der Waals surface area contributed by atoms with Gasteiger partial charge in [0.15, 0.2) is 11.1 Å². The van der Waals surface area contributed by atoms with Gasteiger partial charge in [0.05, 0.1) is 12.0 Å². The average Bonchev–Trinajstić information content (AvgIpc) is 2.16. The molecule has 0 saturated heterocycles. The first-order valence-corrected chi connectivity index (χ1v) is 5.16. The van der Waals surface area contributed by atoms with Gasteiger partial charge in [0, 0.05) is 0 Å². The maximum Gasteiger partial charge on any atom is 1.00 e. The molecule has 1 unspecified atom stereocenters. The van der Waals surface area contributed by atoms with Crippen molar-refractivity contribution in [2.75, 3.05) is 7.11 Å². The SMILES string of the molecule is COc1ccc(S(=O)O)cc1N=C(C)[O-].[Li+]. The van der Waals surface area contributed by atoms with E-state index in [0.717, 1.165) is 0 Å². The number of ether oxygens (including phenoxy) is 1. The molecule has 0 aliphatic rings. The molecular formula is C9H10LiNO4S. The molecule has 0 aliphatic heterocycles. The molecule has 5 nitrogen and oxygen atoms in total. The summed E-state index contributed by atoms with van der Waals surface area (Å²) >= 11 is -2.09. The van der Waals surface area contributed by atoms with Gasteiger partial charge in [-0.3, -0.25) is 4.99 Å². The van der Waals surface area contributed by atoms with Gasteiger partial charge in [-0.15, -0.1) is 0 Å². The van der Waals surface area contributed by atoms with Gasteiger partial charge in [0.25, 0.3) is 0 Å². The van der Waals surface area contributed by atoms with Crippen molar-refractivity contribution in [3.05, 3.63) is 18.2 Å². The number of hydrogen-bond donors (Lipinski definition) is 1. The van der Waals surface area contributed by atoms with Crippen LogP contribution in [-0.4, -0.2) is 21.8 Å². The third-order valence-electron chi connectivity index (χ3n) is 1.63. The Kier molecular flexibility index (Phi) is 6.37. The predicted octanol–water partition coefficient (Wildman–Crippen LogP) is -2.31. The van der Waals surface area contributed by atoms with Crippen LogP contribution in [0.25, 0.3) is 0 Å². The summed E-state index contributed by atoms with van der Waals surface area (Å²) in [6, 6.07) is 4.27. The van der Waals surface area contributed by atoms with E-state index in [1.54, 1.807) is 0 Å². The van der Waals surface area contributed by atoms with Crippen molar-refractivity contribution in [2.45, 2.75) is 11.8 Å². The molecule has 1 aromatic rings. The molecule has 1 atom stereocenters. The molecule has 0 saturated carbocycles. The third kappa shape index (κ3) is 3.98.